The third kappa shape index (κ3) is 2.12. The highest BCUT2D eigenvalue weighted by Gasteiger charge is 2.33. The Bertz CT molecular complexity index is 563. The lowest BCUT2D eigenvalue weighted by Gasteiger charge is -2.22. The number of oxazole rings is 1. The van der Waals surface area contributed by atoms with E-state index in [2.05, 4.69) is 15.5 Å². The van der Waals surface area contributed by atoms with Gasteiger partial charge in [-0.2, -0.15) is 0 Å². The zero-order valence-electron chi connectivity index (χ0n) is 10.5. The van der Waals surface area contributed by atoms with Crippen molar-refractivity contribution in [2.45, 2.75) is 19.0 Å². The molecule has 3 heterocycles. The smallest absolute Gasteiger partial charge is 0.248 e. The molecule has 0 spiro atoms. The minimum absolute atomic E-state index is 0.0469. The molecular formula is C12H14N4O3. The van der Waals surface area contributed by atoms with Crippen molar-refractivity contribution in [2.75, 3.05) is 13.6 Å². The van der Waals surface area contributed by atoms with Crippen LogP contribution in [0.15, 0.2) is 27.6 Å². The summed E-state index contributed by atoms with van der Waals surface area (Å²) in [4.78, 5) is 18.4. The van der Waals surface area contributed by atoms with Gasteiger partial charge in [0, 0.05) is 19.0 Å². The number of nitrogens with one attached hydrogen (secondary N) is 1. The van der Waals surface area contributed by atoms with Crippen molar-refractivity contribution >= 4 is 5.91 Å². The number of nitrogens with zero attached hydrogens (tertiary/aromatic N) is 3. The van der Waals surface area contributed by atoms with E-state index in [0.29, 0.717) is 31.0 Å². The predicted octanol–water partition coefficient (Wildman–Crippen LogP) is 0.508. The fourth-order valence-electron chi connectivity index (χ4n) is 2.27. The van der Waals surface area contributed by atoms with E-state index in [4.69, 9.17) is 8.94 Å². The number of hydrogen-bond donors (Lipinski definition) is 1. The molecule has 100 valence electrons. The van der Waals surface area contributed by atoms with Gasteiger partial charge in [0.2, 0.25) is 5.91 Å². The Kier molecular flexibility index (Phi) is 3.04. The minimum Gasteiger partial charge on any atom is -0.446 e. The topological polar surface area (TPSA) is 84.4 Å². The van der Waals surface area contributed by atoms with Crippen LogP contribution in [0, 0.1) is 0 Å². The molecule has 0 fully saturated rings. The fourth-order valence-corrected chi connectivity index (χ4v) is 2.27. The second-order valence-corrected chi connectivity index (χ2v) is 4.37. The Hall–Kier alpha value is -2.15. The number of fused-ring (bicyclic) bond motifs is 1. The van der Waals surface area contributed by atoms with E-state index in [1.807, 2.05) is 0 Å². The Morgan fingerprint density at radius 2 is 2.47 bits per heavy atom. The molecule has 1 amide bonds. The summed E-state index contributed by atoms with van der Waals surface area (Å²) < 4.78 is 10.4. The molecule has 0 saturated heterocycles. The SMILES string of the molecule is CNC1C(=O)N(Cc2ccno2)CCc2ncoc21. The van der Waals surface area contributed by atoms with Gasteiger partial charge in [0.1, 0.15) is 6.04 Å². The fraction of sp³-hybridized carbons (Fsp3) is 0.417. The summed E-state index contributed by atoms with van der Waals surface area (Å²) >= 11 is 0. The van der Waals surface area contributed by atoms with E-state index in [0.717, 1.165) is 5.69 Å². The van der Waals surface area contributed by atoms with Gasteiger partial charge in [-0.05, 0) is 7.05 Å². The van der Waals surface area contributed by atoms with Crippen LogP contribution < -0.4 is 5.32 Å². The first-order chi connectivity index (χ1) is 9.29. The van der Waals surface area contributed by atoms with Gasteiger partial charge in [-0.25, -0.2) is 4.98 Å². The zero-order valence-corrected chi connectivity index (χ0v) is 10.5. The summed E-state index contributed by atoms with van der Waals surface area (Å²) in [5.41, 5.74) is 0.827. The molecule has 0 radical (unpaired) electrons. The molecule has 2 aromatic rings. The molecule has 1 N–H and O–H groups in total. The molecule has 3 rings (SSSR count). The van der Waals surface area contributed by atoms with Crippen LogP contribution in [0.3, 0.4) is 0 Å². The number of likely N-dealkylation sites (N-methyl/N-ethyl adjacent to an activating group) is 1. The van der Waals surface area contributed by atoms with Crippen molar-refractivity contribution < 1.29 is 13.7 Å². The van der Waals surface area contributed by atoms with Crippen LogP contribution in [0.1, 0.15) is 23.3 Å². The molecule has 1 aliphatic rings. The summed E-state index contributed by atoms with van der Waals surface area (Å²) in [5.74, 6) is 1.22. The van der Waals surface area contributed by atoms with Gasteiger partial charge in [0.05, 0.1) is 18.4 Å². The van der Waals surface area contributed by atoms with Crippen LogP contribution in [-0.4, -0.2) is 34.5 Å². The van der Waals surface area contributed by atoms with Crippen LogP contribution in [0.2, 0.25) is 0 Å². The number of aromatic nitrogens is 2. The number of amides is 1. The highest BCUT2D eigenvalue weighted by atomic mass is 16.5. The molecular weight excluding hydrogens is 248 g/mol. The van der Waals surface area contributed by atoms with E-state index in [9.17, 15) is 4.79 Å². The van der Waals surface area contributed by atoms with Crippen molar-refractivity contribution in [1.29, 1.82) is 0 Å². The zero-order chi connectivity index (χ0) is 13.2. The number of carbonyl (C=O) groups is 1. The van der Waals surface area contributed by atoms with Gasteiger partial charge in [-0.1, -0.05) is 5.16 Å². The Balaban J connectivity index is 1.85. The van der Waals surface area contributed by atoms with Crippen LogP contribution >= 0.6 is 0 Å². The summed E-state index contributed by atoms with van der Waals surface area (Å²) in [6, 6.07) is 1.26. The quantitative estimate of drug-likeness (QED) is 0.867. The second-order valence-electron chi connectivity index (χ2n) is 4.37. The Morgan fingerprint density at radius 1 is 1.58 bits per heavy atom. The Labute approximate surface area is 109 Å². The molecule has 7 heteroatoms. The number of hydrogen-bond acceptors (Lipinski definition) is 6. The Morgan fingerprint density at radius 3 is 3.21 bits per heavy atom. The van der Waals surface area contributed by atoms with Crippen molar-refractivity contribution in [2.24, 2.45) is 0 Å². The predicted molar refractivity (Wildman–Crippen MR) is 63.9 cm³/mol. The van der Waals surface area contributed by atoms with Crippen LogP contribution in [0.25, 0.3) is 0 Å². The molecule has 0 aromatic carbocycles. The van der Waals surface area contributed by atoms with Gasteiger partial charge in [-0.15, -0.1) is 0 Å². The molecule has 19 heavy (non-hydrogen) atoms. The standard InChI is InChI=1S/C12H14N4O3/c1-13-10-11-9(14-7-18-11)3-5-16(12(10)17)6-8-2-4-15-19-8/h2,4,7,10,13H,3,5-6H2,1H3. The molecule has 7 nitrogen and oxygen atoms in total. The summed E-state index contributed by atoms with van der Waals surface area (Å²) in [5, 5.41) is 6.62. The molecule has 1 atom stereocenters. The van der Waals surface area contributed by atoms with Crippen molar-refractivity contribution in [1.82, 2.24) is 20.4 Å². The van der Waals surface area contributed by atoms with Gasteiger partial charge in [0.25, 0.3) is 0 Å². The molecule has 2 aromatic heterocycles. The average Bonchev–Trinajstić information content (AvgIpc) is 3.04. The van der Waals surface area contributed by atoms with Crippen molar-refractivity contribution in [3.8, 4) is 0 Å². The van der Waals surface area contributed by atoms with Crippen LogP contribution in [-0.2, 0) is 17.8 Å². The molecule has 0 saturated carbocycles. The molecule has 0 aliphatic carbocycles. The molecule has 1 aliphatic heterocycles. The molecule has 1 unspecified atom stereocenters. The monoisotopic (exact) mass is 262 g/mol. The largest absolute Gasteiger partial charge is 0.446 e. The van der Waals surface area contributed by atoms with Gasteiger partial charge < -0.3 is 19.2 Å². The van der Waals surface area contributed by atoms with E-state index in [-0.39, 0.29) is 5.91 Å². The first-order valence-corrected chi connectivity index (χ1v) is 6.07. The summed E-state index contributed by atoms with van der Waals surface area (Å²) in [6.45, 7) is 0.985. The van der Waals surface area contributed by atoms with E-state index < -0.39 is 6.04 Å². The van der Waals surface area contributed by atoms with Crippen molar-refractivity contribution in [3.05, 3.63) is 35.9 Å². The lowest BCUT2D eigenvalue weighted by atomic mass is 10.1. The summed E-state index contributed by atoms with van der Waals surface area (Å²) in [6.07, 6.45) is 3.62. The first-order valence-electron chi connectivity index (χ1n) is 6.07. The lowest BCUT2D eigenvalue weighted by molar-refractivity contribution is -0.134. The van der Waals surface area contributed by atoms with Crippen LogP contribution in [0.4, 0.5) is 0 Å². The normalized spacial score (nSPS) is 19.3. The van der Waals surface area contributed by atoms with E-state index in [1.165, 1.54) is 6.39 Å². The highest BCUT2D eigenvalue weighted by Crippen LogP contribution is 2.24. The number of rotatable bonds is 3. The van der Waals surface area contributed by atoms with Gasteiger partial charge in [-0.3, -0.25) is 4.79 Å². The highest BCUT2D eigenvalue weighted by molar-refractivity contribution is 5.83. The molecule has 0 bridgehead atoms. The van der Waals surface area contributed by atoms with Crippen LogP contribution in [0.5, 0.6) is 0 Å². The second kappa shape index (κ2) is 4.85. The summed E-state index contributed by atoms with van der Waals surface area (Å²) in [7, 11) is 1.73. The third-order valence-corrected chi connectivity index (χ3v) is 3.24. The van der Waals surface area contributed by atoms with E-state index in [1.54, 1.807) is 24.2 Å². The van der Waals surface area contributed by atoms with E-state index >= 15 is 0 Å². The third-order valence-electron chi connectivity index (χ3n) is 3.24. The number of carbonyl (C=O) groups excluding carboxylic acids is 1. The van der Waals surface area contributed by atoms with Gasteiger partial charge >= 0.3 is 0 Å². The maximum Gasteiger partial charge on any atom is 0.248 e. The van der Waals surface area contributed by atoms with Crippen molar-refractivity contribution in [3.63, 3.8) is 0 Å². The minimum atomic E-state index is -0.497. The first kappa shape index (κ1) is 11.9. The average molecular weight is 262 g/mol. The van der Waals surface area contributed by atoms with Gasteiger partial charge in [0.15, 0.2) is 17.9 Å². The maximum atomic E-state index is 12.5. The lowest BCUT2D eigenvalue weighted by Crippen LogP contribution is -2.38. The maximum absolute atomic E-state index is 12.5.